The number of nitrogens with zero attached hydrogens (tertiary/aromatic N) is 4. The van der Waals surface area contributed by atoms with Crippen LogP contribution in [-0.2, 0) is 4.74 Å². The molecule has 0 bridgehead atoms. The number of amides is 1. The van der Waals surface area contributed by atoms with E-state index in [0.29, 0.717) is 24.5 Å². The largest absolute Gasteiger partial charge is 0.497 e. The fourth-order valence-electron chi connectivity index (χ4n) is 4.58. The Morgan fingerprint density at radius 3 is 2.68 bits per heavy atom. The molecule has 2 aromatic rings. The van der Waals surface area contributed by atoms with Gasteiger partial charge in [0.05, 0.1) is 12.6 Å². The highest BCUT2D eigenvalue weighted by molar-refractivity contribution is 14.1. The van der Waals surface area contributed by atoms with Gasteiger partial charge in [-0.3, -0.25) is 0 Å². The van der Waals surface area contributed by atoms with Gasteiger partial charge in [0.25, 0.3) is 0 Å². The number of carbonyl (C=O) groups excluding carboxylic acids is 1. The van der Waals surface area contributed by atoms with Crippen LogP contribution < -0.4 is 9.64 Å². The van der Waals surface area contributed by atoms with Crippen molar-refractivity contribution < 1.29 is 14.3 Å². The Kier molecular flexibility index (Phi) is 5.44. The standard InChI is InChI=1S/C23H27IN4O3/c1-14-23(12-27(13-23)21(29)31-22(2,3)4)8-9-28(14)20-17(11-25)19(24)16-7-6-15(30-5)10-18(16)26-20/h6-7,10,14H,8-9,12-13H2,1-5H3. The number of nitriles is 1. The Bertz CT molecular complexity index is 1080. The van der Waals surface area contributed by atoms with Crippen molar-refractivity contribution in [3.8, 4) is 11.8 Å². The zero-order valence-corrected chi connectivity index (χ0v) is 20.7. The Hall–Kier alpha value is -2.28. The number of hydrogen-bond donors (Lipinski definition) is 0. The first-order chi connectivity index (χ1) is 14.6. The van der Waals surface area contributed by atoms with Gasteiger partial charge >= 0.3 is 6.09 Å². The van der Waals surface area contributed by atoms with Crippen molar-refractivity contribution in [1.29, 1.82) is 5.26 Å². The smallest absolute Gasteiger partial charge is 0.410 e. The molecule has 3 heterocycles. The quantitative estimate of drug-likeness (QED) is 0.526. The van der Waals surface area contributed by atoms with Gasteiger partial charge in [-0.25, -0.2) is 9.78 Å². The van der Waals surface area contributed by atoms with E-state index in [1.807, 2.05) is 39.0 Å². The molecule has 2 saturated heterocycles. The summed E-state index contributed by atoms with van der Waals surface area (Å²) in [5, 5.41) is 10.9. The summed E-state index contributed by atoms with van der Waals surface area (Å²) in [6.07, 6.45) is 0.694. The molecule has 1 amide bonds. The third-order valence-corrected chi connectivity index (χ3v) is 7.48. The van der Waals surface area contributed by atoms with Gasteiger partial charge < -0.3 is 19.3 Å². The van der Waals surface area contributed by atoms with Crippen LogP contribution in [0.3, 0.4) is 0 Å². The molecule has 1 spiro atoms. The first-order valence-corrected chi connectivity index (χ1v) is 11.5. The fraction of sp³-hybridized carbons (Fsp3) is 0.522. The van der Waals surface area contributed by atoms with Gasteiger partial charge in [0.1, 0.15) is 28.8 Å². The average Bonchev–Trinajstić information content (AvgIpc) is 3.02. The first kappa shape index (κ1) is 21.9. The van der Waals surface area contributed by atoms with E-state index < -0.39 is 5.60 Å². The van der Waals surface area contributed by atoms with E-state index in [-0.39, 0.29) is 17.6 Å². The van der Waals surface area contributed by atoms with Crippen LogP contribution in [0.15, 0.2) is 18.2 Å². The molecule has 0 radical (unpaired) electrons. The number of pyridine rings is 1. The monoisotopic (exact) mass is 534 g/mol. The zero-order chi connectivity index (χ0) is 22.6. The number of anilines is 1. The highest BCUT2D eigenvalue weighted by atomic mass is 127. The number of likely N-dealkylation sites (tertiary alicyclic amines) is 1. The molecule has 2 fully saturated rings. The second-order valence-corrected chi connectivity index (χ2v) is 10.5. The van der Waals surface area contributed by atoms with E-state index in [4.69, 9.17) is 14.5 Å². The summed E-state index contributed by atoms with van der Waals surface area (Å²) in [7, 11) is 1.63. The molecule has 0 saturated carbocycles. The van der Waals surface area contributed by atoms with E-state index in [1.54, 1.807) is 12.0 Å². The van der Waals surface area contributed by atoms with Crippen molar-refractivity contribution in [3.63, 3.8) is 0 Å². The van der Waals surface area contributed by atoms with Crippen LogP contribution >= 0.6 is 22.6 Å². The summed E-state index contributed by atoms with van der Waals surface area (Å²) >= 11 is 2.24. The molecule has 1 atom stereocenters. The number of ether oxygens (including phenoxy) is 2. The number of carbonyl (C=O) groups is 1. The van der Waals surface area contributed by atoms with Gasteiger partial charge in [0, 0.05) is 46.1 Å². The predicted molar refractivity (Wildman–Crippen MR) is 127 cm³/mol. The van der Waals surface area contributed by atoms with Crippen LogP contribution in [0.2, 0.25) is 0 Å². The third kappa shape index (κ3) is 3.77. The maximum absolute atomic E-state index is 12.4. The molecule has 164 valence electrons. The van der Waals surface area contributed by atoms with E-state index in [2.05, 4.69) is 40.5 Å². The lowest BCUT2D eigenvalue weighted by Crippen LogP contribution is -2.63. The molecule has 0 aliphatic carbocycles. The van der Waals surface area contributed by atoms with Gasteiger partial charge in [0.2, 0.25) is 0 Å². The topological polar surface area (TPSA) is 78.7 Å². The number of fused-ring (bicyclic) bond motifs is 1. The lowest BCUT2D eigenvalue weighted by molar-refractivity contribution is -0.0355. The van der Waals surface area contributed by atoms with Crippen molar-refractivity contribution >= 4 is 45.4 Å². The second kappa shape index (κ2) is 7.69. The lowest BCUT2D eigenvalue weighted by atomic mass is 9.74. The van der Waals surface area contributed by atoms with Gasteiger partial charge in [0.15, 0.2) is 0 Å². The van der Waals surface area contributed by atoms with E-state index in [9.17, 15) is 10.1 Å². The van der Waals surface area contributed by atoms with Crippen LogP contribution in [0.4, 0.5) is 10.6 Å². The summed E-state index contributed by atoms with van der Waals surface area (Å²) in [6.45, 7) is 9.95. The lowest BCUT2D eigenvalue weighted by Gasteiger charge is -2.51. The van der Waals surface area contributed by atoms with Crippen molar-refractivity contribution in [2.45, 2.75) is 45.8 Å². The Morgan fingerprint density at radius 2 is 2.06 bits per heavy atom. The van der Waals surface area contributed by atoms with E-state index >= 15 is 0 Å². The van der Waals surface area contributed by atoms with Gasteiger partial charge in [-0.1, -0.05) is 0 Å². The first-order valence-electron chi connectivity index (χ1n) is 10.4. The number of aromatic nitrogens is 1. The molecular formula is C23H27IN4O3. The number of hydrogen-bond acceptors (Lipinski definition) is 6. The van der Waals surface area contributed by atoms with Crippen LogP contribution in [-0.4, -0.2) is 54.4 Å². The van der Waals surface area contributed by atoms with Crippen molar-refractivity contribution in [2.24, 2.45) is 5.41 Å². The summed E-state index contributed by atoms with van der Waals surface area (Å²) in [5.74, 6) is 1.46. The Labute approximate surface area is 196 Å². The van der Waals surface area contributed by atoms with Crippen LogP contribution in [0.25, 0.3) is 10.9 Å². The van der Waals surface area contributed by atoms with Crippen LogP contribution in [0.1, 0.15) is 39.7 Å². The molecule has 4 rings (SSSR count). The van der Waals surface area contributed by atoms with Gasteiger partial charge in [-0.05, 0) is 68.8 Å². The summed E-state index contributed by atoms with van der Waals surface area (Å²) in [6, 6.07) is 8.28. The van der Waals surface area contributed by atoms with E-state index in [1.165, 1.54) is 0 Å². The fourth-order valence-corrected chi connectivity index (χ4v) is 5.40. The minimum atomic E-state index is -0.498. The number of rotatable bonds is 2. The number of halogens is 1. The molecule has 1 unspecified atom stereocenters. The van der Waals surface area contributed by atoms with Crippen LogP contribution in [0.5, 0.6) is 5.75 Å². The molecule has 2 aliphatic heterocycles. The minimum absolute atomic E-state index is 0.0000805. The third-order valence-electron chi connectivity index (χ3n) is 6.36. The zero-order valence-electron chi connectivity index (χ0n) is 18.5. The Balaban J connectivity index is 1.61. The molecule has 8 heteroatoms. The van der Waals surface area contributed by atoms with Gasteiger partial charge in [-0.15, -0.1) is 0 Å². The Morgan fingerprint density at radius 1 is 1.35 bits per heavy atom. The highest BCUT2D eigenvalue weighted by Gasteiger charge is 2.55. The highest BCUT2D eigenvalue weighted by Crippen LogP contribution is 2.47. The maximum Gasteiger partial charge on any atom is 0.410 e. The molecule has 0 N–H and O–H groups in total. The maximum atomic E-state index is 12.4. The molecule has 7 nitrogen and oxygen atoms in total. The minimum Gasteiger partial charge on any atom is -0.497 e. The van der Waals surface area contributed by atoms with Gasteiger partial charge in [-0.2, -0.15) is 5.26 Å². The summed E-state index contributed by atoms with van der Waals surface area (Å²) in [5.41, 5.74) is 0.919. The van der Waals surface area contributed by atoms with E-state index in [0.717, 1.165) is 33.2 Å². The second-order valence-electron chi connectivity index (χ2n) is 9.44. The molecule has 31 heavy (non-hydrogen) atoms. The van der Waals surface area contributed by atoms with Crippen molar-refractivity contribution in [3.05, 3.63) is 27.3 Å². The summed E-state index contributed by atoms with van der Waals surface area (Å²) < 4.78 is 11.8. The number of benzene rings is 1. The molecule has 1 aromatic heterocycles. The molecular weight excluding hydrogens is 507 g/mol. The normalized spacial score (nSPS) is 20.0. The SMILES string of the molecule is COc1ccc2c(I)c(C#N)c(N3CCC4(CN(C(=O)OC(C)(C)C)C4)C3C)nc2c1. The van der Waals surface area contributed by atoms with Crippen molar-refractivity contribution in [1.82, 2.24) is 9.88 Å². The summed E-state index contributed by atoms with van der Waals surface area (Å²) in [4.78, 5) is 21.3. The van der Waals surface area contributed by atoms with Crippen molar-refractivity contribution in [2.75, 3.05) is 31.6 Å². The predicted octanol–water partition coefficient (Wildman–Crippen LogP) is 4.56. The van der Waals surface area contributed by atoms with Crippen LogP contribution in [0, 0.1) is 20.3 Å². The molecule has 1 aromatic carbocycles. The molecule has 2 aliphatic rings. The number of methoxy groups -OCH3 is 1. The average molecular weight is 534 g/mol.